The highest BCUT2D eigenvalue weighted by molar-refractivity contribution is 5.98. The Morgan fingerprint density at radius 1 is 1.03 bits per heavy atom. The first kappa shape index (κ1) is 23.6. The lowest BCUT2D eigenvalue weighted by molar-refractivity contribution is -0.129. The summed E-state index contributed by atoms with van der Waals surface area (Å²) in [4.78, 5) is 30.9. The summed E-state index contributed by atoms with van der Waals surface area (Å²) in [5.41, 5.74) is 5.05. The molecule has 2 heterocycles. The Hall–Kier alpha value is -4.52. The van der Waals surface area contributed by atoms with Gasteiger partial charge in [0.1, 0.15) is 5.69 Å². The largest absolute Gasteiger partial charge is 0.333 e. The maximum Gasteiger partial charge on any atom is 0.246 e. The maximum atomic E-state index is 12.8. The van der Waals surface area contributed by atoms with Crippen LogP contribution in [0.25, 0.3) is 23.0 Å². The summed E-state index contributed by atoms with van der Waals surface area (Å²) in [6.45, 7) is 1.98. The molecule has 0 bridgehead atoms. The van der Waals surface area contributed by atoms with Crippen molar-refractivity contribution in [2.24, 2.45) is 0 Å². The number of carbonyl (C=O) groups is 2. The van der Waals surface area contributed by atoms with E-state index in [0.29, 0.717) is 5.69 Å². The van der Waals surface area contributed by atoms with Crippen LogP contribution in [-0.4, -0.2) is 45.1 Å². The lowest BCUT2D eigenvalue weighted by atomic mass is 10.1. The van der Waals surface area contributed by atoms with Crippen LogP contribution < -0.4 is 5.32 Å². The van der Waals surface area contributed by atoms with E-state index in [1.165, 1.54) is 11.0 Å². The van der Waals surface area contributed by atoms with Gasteiger partial charge >= 0.3 is 0 Å². The van der Waals surface area contributed by atoms with E-state index in [2.05, 4.69) is 10.3 Å². The van der Waals surface area contributed by atoms with Gasteiger partial charge in [0.15, 0.2) is 0 Å². The molecule has 35 heavy (non-hydrogen) atoms. The predicted molar refractivity (Wildman–Crippen MR) is 138 cm³/mol. The van der Waals surface area contributed by atoms with Crippen molar-refractivity contribution >= 4 is 23.6 Å². The van der Waals surface area contributed by atoms with Crippen molar-refractivity contribution in [3.63, 3.8) is 0 Å². The van der Waals surface area contributed by atoms with Crippen LogP contribution in [0, 0.1) is 0 Å². The number of aromatic nitrogens is 3. The van der Waals surface area contributed by atoms with E-state index in [1.807, 2.05) is 79.9 Å². The first-order chi connectivity index (χ1) is 17.0. The van der Waals surface area contributed by atoms with Gasteiger partial charge in [-0.1, -0.05) is 43.3 Å². The Labute approximate surface area is 204 Å². The van der Waals surface area contributed by atoms with Crippen molar-refractivity contribution in [1.82, 2.24) is 19.7 Å². The van der Waals surface area contributed by atoms with Crippen molar-refractivity contribution in [3.8, 4) is 16.9 Å². The molecular weight excluding hydrogens is 438 g/mol. The summed E-state index contributed by atoms with van der Waals surface area (Å²) in [6.07, 6.45) is 9.30. The number of anilines is 1. The molecule has 176 valence electrons. The van der Waals surface area contributed by atoms with Crippen molar-refractivity contribution in [2.45, 2.75) is 13.3 Å². The molecule has 4 rings (SSSR count). The molecule has 0 saturated heterocycles. The van der Waals surface area contributed by atoms with E-state index in [4.69, 9.17) is 5.10 Å². The second kappa shape index (κ2) is 11.1. The van der Waals surface area contributed by atoms with Gasteiger partial charge in [0.25, 0.3) is 0 Å². The highest BCUT2D eigenvalue weighted by Crippen LogP contribution is 2.24. The molecule has 0 radical (unpaired) electrons. The maximum absolute atomic E-state index is 12.8. The molecule has 0 aliphatic heterocycles. The van der Waals surface area contributed by atoms with E-state index < -0.39 is 0 Å². The molecule has 2 amide bonds. The number of pyridine rings is 1. The highest BCUT2D eigenvalue weighted by atomic mass is 16.2. The van der Waals surface area contributed by atoms with Gasteiger partial charge in [0, 0.05) is 48.5 Å². The summed E-state index contributed by atoms with van der Waals surface area (Å²) >= 11 is 0. The Morgan fingerprint density at radius 2 is 1.80 bits per heavy atom. The Kier molecular flexibility index (Phi) is 7.47. The van der Waals surface area contributed by atoms with E-state index >= 15 is 0 Å². The Morgan fingerprint density at radius 3 is 2.54 bits per heavy atom. The minimum absolute atomic E-state index is 0.0556. The quantitative estimate of drug-likeness (QED) is 0.386. The molecule has 2 aromatic heterocycles. The zero-order valence-electron chi connectivity index (χ0n) is 19.8. The minimum atomic E-state index is -0.284. The van der Waals surface area contributed by atoms with Crippen molar-refractivity contribution in [1.29, 1.82) is 0 Å². The Bertz CT molecular complexity index is 1330. The third-order valence-electron chi connectivity index (χ3n) is 5.53. The SMILES string of the molecule is CCc1ccccc1NC(=O)CN(C)C(=O)/C=C/c1cn(-c2ccccc2)nc1-c1cccnc1. The summed E-state index contributed by atoms with van der Waals surface area (Å²) in [7, 11) is 1.60. The number of aryl methyl sites for hydroxylation is 1. The number of benzene rings is 2. The van der Waals surface area contributed by atoms with Crippen LogP contribution in [0.2, 0.25) is 0 Å². The number of para-hydroxylation sites is 2. The third kappa shape index (κ3) is 5.89. The molecule has 0 saturated carbocycles. The third-order valence-corrected chi connectivity index (χ3v) is 5.53. The molecular formula is C28H27N5O2. The van der Waals surface area contributed by atoms with Crippen LogP contribution in [0.5, 0.6) is 0 Å². The van der Waals surface area contributed by atoms with Gasteiger partial charge in [0.05, 0.1) is 12.2 Å². The number of amides is 2. The molecule has 0 aliphatic carbocycles. The van der Waals surface area contributed by atoms with Gasteiger partial charge in [-0.3, -0.25) is 14.6 Å². The molecule has 0 atom stereocenters. The van der Waals surface area contributed by atoms with Gasteiger partial charge in [0.2, 0.25) is 11.8 Å². The van der Waals surface area contributed by atoms with Gasteiger partial charge in [-0.2, -0.15) is 5.10 Å². The molecule has 7 nitrogen and oxygen atoms in total. The van der Waals surface area contributed by atoms with Crippen molar-refractivity contribution in [3.05, 3.63) is 103 Å². The lowest BCUT2D eigenvalue weighted by Gasteiger charge is -2.16. The van der Waals surface area contributed by atoms with Crippen LogP contribution in [0.1, 0.15) is 18.1 Å². The number of nitrogens with one attached hydrogen (secondary N) is 1. The fourth-order valence-electron chi connectivity index (χ4n) is 3.67. The standard InChI is InChI=1S/C28H27N5O2/c1-3-21-10-7-8-14-25(21)30-26(34)20-32(2)27(35)16-15-23-19-33(24-12-5-4-6-13-24)31-28(23)22-11-9-17-29-18-22/h4-19H,3,20H2,1-2H3,(H,30,34)/b16-15+. The van der Waals surface area contributed by atoms with Crippen LogP contribution in [-0.2, 0) is 16.0 Å². The van der Waals surface area contributed by atoms with Crippen molar-refractivity contribution < 1.29 is 9.59 Å². The number of carbonyl (C=O) groups excluding carboxylic acids is 2. The highest BCUT2D eigenvalue weighted by Gasteiger charge is 2.14. The van der Waals surface area contributed by atoms with Crippen LogP contribution in [0.3, 0.4) is 0 Å². The first-order valence-corrected chi connectivity index (χ1v) is 11.4. The zero-order chi connectivity index (χ0) is 24.6. The van der Waals surface area contributed by atoms with Gasteiger partial charge in [-0.15, -0.1) is 0 Å². The van der Waals surface area contributed by atoms with E-state index in [1.54, 1.807) is 30.2 Å². The second-order valence-electron chi connectivity index (χ2n) is 8.04. The van der Waals surface area contributed by atoms with Gasteiger partial charge in [-0.25, -0.2) is 4.68 Å². The molecule has 0 fully saturated rings. The minimum Gasteiger partial charge on any atom is -0.333 e. The smallest absolute Gasteiger partial charge is 0.246 e. The number of nitrogens with zero attached hydrogens (tertiary/aromatic N) is 4. The van der Waals surface area contributed by atoms with Gasteiger partial charge < -0.3 is 10.2 Å². The normalized spacial score (nSPS) is 10.9. The predicted octanol–water partition coefficient (Wildman–Crippen LogP) is 4.61. The lowest BCUT2D eigenvalue weighted by Crippen LogP contribution is -2.34. The van der Waals surface area contributed by atoms with Crippen LogP contribution >= 0.6 is 0 Å². The molecule has 1 N–H and O–H groups in total. The average Bonchev–Trinajstić information content (AvgIpc) is 3.33. The number of likely N-dealkylation sites (N-methyl/N-ethyl adjacent to an activating group) is 1. The fourth-order valence-corrected chi connectivity index (χ4v) is 3.67. The van der Waals surface area contributed by atoms with Crippen LogP contribution in [0.4, 0.5) is 5.69 Å². The monoisotopic (exact) mass is 465 g/mol. The molecule has 0 aliphatic rings. The summed E-state index contributed by atoms with van der Waals surface area (Å²) < 4.78 is 1.77. The van der Waals surface area contributed by atoms with Crippen LogP contribution in [0.15, 0.2) is 91.4 Å². The average molecular weight is 466 g/mol. The van der Waals surface area contributed by atoms with E-state index in [9.17, 15) is 9.59 Å². The summed E-state index contributed by atoms with van der Waals surface area (Å²) in [6, 6.07) is 21.2. The zero-order valence-corrected chi connectivity index (χ0v) is 19.8. The molecule has 0 spiro atoms. The fraction of sp³-hybridized carbons (Fsp3) is 0.143. The topological polar surface area (TPSA) is 80.1 Å². The summed E-state index contributed by atoms with van der Waals surface area (Å²) in [5, 5.41) is 7.62. The first-order valence-electron chi connectivity index (χ1n) is 11.4. The molecule has 7 heteroatoms. The molecule has 2 aromatic carbocycles. The van der Waals surface area contributed by atoms with E-state index in [0.717, 1.165) is 34.5 Å². The number of hydrogen-bond donors (Lipinski definition) is 1. The van der Waals surface area contributed by atoms with Crippen molar-refractivity contribution in [2.75, 3.05) is 18.9 Å². The molecule has 0 unspecified atom stereocenters. The van der Waals surface area contributed by atoms with Gasteiger partial charge in [-0.05, 0) is 48.4 Å². The number of hydrogen-bond acceptors (Lipinski definition) is 4. The second-order valence-corrected chi connectivity index (χ2v) is 8.04. The Balaban J connectivity index is 1.49. The summed E-state index contributed by atoms with van der Waals surface area (Å²) in [5.74, 6) is -0.531. The van der Waals surface area contributed by atoms with E-state index in [-0.39, 0.29) is 18.4 Å². The number of rotatable bonds is 8. The molecule has 4 aromatic rings.